The fourth-order valence-electron chi connectivity index (χ4n) is 2.83. The molecule has 1 aromatic heterocycles. The predicted molar refractivity (Wildman–Crippen MR) is 69.8 cm³/mol. The molecule has 2 fully saturated rings. The summed E-state index contributed by atoms with van der Waals surface area (Å²) in [4.78, 5) is 28.5. The summed E-state index contributed by atoms with van der Waals surface area (Å²) in [6.07, 6.45) is 5.36. The van der Waals surface area contributed by atoms with Crippen LogP contribution in [-0.4, -0.2) is 34.8 Å². The van der Waals surface area contributed by atoms with E-state index in [2.05, 4.69) is 4.98 Å². The zero-order chi connectivity index (χ0) is 14.1. The van der Waals surface area contributed by atoms with Gasteiger partial charge in [0.1, 0.15) is 0 Å². The number of carboxylic acid groups (broad SMARTS) is 1. The van der Waals surface area contributed by atoms with Crippen LogP contribution < -0.4 is 24.0 Å². The van der Waals surface area contributed by atoms with Gasteiger partial charge in [-0.1, -0.05) is 0 Å². The number of carbonyl (C=O) groups excluding carboxylic acids is 2. The molecule has 0 atom stereocenters. The molecule has 0 radical (unpaired) electrons. The molecule has 0 spiro atoms. The van der Waals surface area contributed by atoms with Crippen LogP contribution in [0.1, 0.15) is 47.7 Å². The second kappa shape index (κ2) is 6.63. The Morgan fingerprint density at radius 3 is 2.43 bits per heavy atom. The monoisotopic (exact) mass is 280 g/mol. The molecule has 0 aromatic carbocycles. The van der Waals surface area contributed by atoms with Crippen LogP contribution in [0, 0.1) is 5.92 Å². The summed E-state index contributed by atoms with van der Waals surface area (Å²) in [6.45, 7) is 1.53. The Morgan fingerprint density at radius 2 is 1.86 bits per heavy atom. The Morgan fingerprint density at radius 1 is 1.19 bits per heavy atom. The van der Waals surface area contributed by atoms with Crippen LogP contribution in [0.2, 0.25) is 0 Å². The average molecular weight is 280 g/mol. The Bertz CT molecular complexity index is 537. The fraction of sp³-hybridized carbons (Fsp3) is 0.533. The summed E-state index contributed by atoms with van der Waals surface area (Å²) in [7, 11) is 0. The van der Waals surface area contributed by atoms with Crippen LogP contribution in [0.15, 0.2) is 18.3 Å². The number of aromatic nitrogens is 1. The standard InChI is InChI=1S/C15H18N2O3.Li/c18-14(11-1-2-11)17-7-4-10(5-8-17)12-3-6-16-13(9-12)15(19)20;/h3,6,9-11H,1-2,4-5,7-8H2,(H,19,20);/q;+1/p-1. The van der Waals surface area contributed by atoms with Crippen molar-refractivity contribution in [1.29, 1.82) is 0 Å². The number of piperidine rings is 1. The molecule has 1 aliphatic carbocycles. The van der Waals surface area contributed by atoms with E-state index < -0.39 is 5.97 Å². The molecule has 3 rings (SSSR count). The van der Waals surface area contributed by atoms with Crippen molar-refractivity contribution in [3.63, 3.8) is 0 Å². The van der Waals surface area contributed by atoms with Crippen molar-refractivity contribution < 1.29 is 33.6 Å². The molecule has 1 amide bonds. The van der Waals surface area contributed by atoms with Crippen LogP contribution in [0.4, 0.5) is 0 Å². The maximum absolute atomic E-state index is 12.0. The van der Waals surface area contributed by atoms with Gasteiger partial charge >= 0.3 is 18.9 Å². The smallest absolute Gasteiger partial charge is 0.543 e. The van der Waals surface area contributed by atoms with Gasteiger partial charge in [-0.15, -0.1) is 0 Å². The summed E-state index contributed by atoms with van der Waals surface area (Å²) < 4.78 is 0. The van der Waals surface area contributed by atoms with Gasteiger partial charge in [-0.2, -0.15) is 0 Å². The van der Waals surface area contributed by atoms with E-state index in [1.807, 2.05) is 11.0 Å². The number of likely N-dealkylation sites (tertiary alicyclic amines) is 1. The Hall–Kier alpha value is -1.31. The molecule has 106 valence electrons. The second-order valence-corrected chi connectivity index (χ2v) is 5.64. The molecule has 21 heavy (non-hydrogen) atoms. The third-order valence-corrected chi connectivity index (χ3v) is 4.20. The number of hydrogen-bond donors (Lipinski definition) is 0. The van der Waals surface area contributed by atoms with Crippen molar-refractivity contribution in [2.45, 2.75) is 31.6 Å². The number of carboxylic acids is 1. The van der Waals surface area contributed by atoms with Gasteiger partial charge in [0.25, 0.3) is 0 Å². The normalized spacial score (nSPS) is 19.0. The van der Waals surface area contributed by atoms with Gasteiger partial charge in [-0.25, -0.2) is 0 Å². The van der Waals surface area contributed by atoms with Crippen molar-refractivity contribution in [3.05, 3.63) is 29.6 Å². The van der Waals surface area contributed by atoms with Crippen LogP contribution in [0.5, 0.6) is 0 Å². The minimum absolute atomic E-state index is 0. The molecule has 0 unspecified atom stereocenters. The van der Waals surface area contributed by atoms with Crippen molar-refractivity contribution in [1.82, 2.24) is 9.88 Å². The number of rotatable bonds is 3. The van der Waals surface area contributed by atoms with Gasteiger partial charge in [0.15, 0.2) is 0 Å². The molecule has 2 aliphatic rings. The number of carbonyl (C=O) groups is 2. The van der Waals surface area contributed by atoms with E-state index in [4.69, 9.17) is 0 Å². The minimum atomic E-state index is -1.24. The van der Waals surface area contributed by atoms with E-state index in [9.17, 15) is 14.7 Å². The molecule has 1 aliphatic heterocycles. The molecule has 6 heteroatoms. The summed E-state index contributed by atoms with van der Waals surface area (Å²) in [5.41, 5.74) is 0.969. The summed E-state index contributed by atoms with van der Waals surface area (Å²) >= 11 is 0. The first kappa shape index (κ1) is 16.1. The van der Waals surface area contributed by atoms with E-state index in [0.717, 1.165) is 44.3 Å². The zero-order valence-electron chi connectivity index (χ0n) is 12.2. The van der Waals surface area contributed by atoms with Gasteiger partial charge in [-0.05, 0) is 49.3 Å². The first-order chi connectivity index (χ1) is 9.65. The van der Waals surface area contributed by atoms with Crippen molar-refractivity contribution in [2.75, 3.05) is 13.1 Å². The first-order valence-electron chi connectivity index (χ1n) is 7.11. The van der Waals surface area contributed by atoms with Gasteiger partial charge in [0, 0.05) is 25.2 Å². The summed E-state index contributed by atoms with van der Waals surface area (Å²) in [5, 5.41) is 10.8. The molecule has 1 saturated heterocycles. The molecule has 0 N–H and O–H groups in total. The van der Waals surface area contributed by atoms with Crippen molar-refractivity contribution >= 4 is 11.9 Å². The van der Waals surface area contributed by atoms with Crippen molar-refractivity contribution in [2.24, 2.45) is 5.92 Å². The second-order valence-electron chi connectivity index (χ2n) is 5.64. The van der Waals surface area contributed by atoms with Gasteiger partial charge in [0.05, 0.1) is 11.7 Å². The van der Waals surface area contributed by atoms with E-state index in [1.54, 1.807) is 6.07 Å². The number of hydrogen-bond acceptors (Lipinski definition) is 4. The van der Waals surface area contributed by atoms with E-state index >= 15 is 0 Å². The van der Waals surface area contributed by atoms with Gasteiger partial charge < -0.3 is 14.8 Å². The Kier molecular flexibility index (Phi) is 5.07. The first-order valence-corrected chi connectivity index (χ1v) is 7.11. The molecule has 2 heterocycles. The quantitative estimate of drug-likeness (QED) is 0.577. The molecule has 1 saturated carbocycles. The van der Waals surface area contributed by atoms with E-state index in [1.165, 1.54) is 6.20 Å². The fourth-order valence-corrected chi connectivity index (χ4v) is 2.83. The number of aromatic carboxylic acids is 1. The molecule has 5 nitrogen and oxygen atoms in total. The predicted octanol–water partition coefficient (Wildman–Crippen LogP) is -2.43. The van der Waals surface area contributed by atoms with Crippen LogP contribution in [0.3, 0.4) is 0 Å². The van der Waals surface area contributed by atoms with Crippen LogP contribution >= 0.6 is 0 Å². The third-order valence-electron chi connectivity index (χ3n) is 4.20. The van der Waals surface area contributed by atoms with E-state index in [0.29, 0.717) is 11.8 Å². The minimum Gasteiger partial charge on any atom is -0.543 e. The van der Waals surface area contributed by atoms with Gasteiger partial charge in [0.2, 0.25) is 5.91 Å². The van der Waals surface area contributed by atoms with Crippen molar-refractivity contribution in [3.8, 4) is 0 Å². The molecular weight excluding hydrogens is 263 g/mol. The maximum atomic E-state index is 12.0. The number of nitrogens with zero attached hydrogens (tertiary/aromatic N) is 2. The molecular formula is C15H17LiN2O3. The Balaban J connectivity index is 0.00000161. The van der Waals surface area contributed by atoms with Gasteiger partial charge in [-0.3, -0.25) is 9.78 Å². The topological polar surface area (TPSA) is 73.3 Å². The summed E-state index contributed by atoms with van der Waals surface area (Å²) in [6, 6.07) is 3.45. The Labute approximate surface area is 135 Å². The summed E-state index contributed by atoms with van der Waals surface area (Å²) in [5.74, 6) is -0.363. The SMILES string of the molecule is O=C([O-])c1cc(C2CCN(C(=O)C3CC3)CC2)ccn1.[Li+]. The maximum Gasteiger partial charge on any atom is 1.00 e. The number of amides is 1. The largest absolute Gasteiger partial charge is 1.00 e. The van der Waals surface area contributed by atoms with Crippen LogP contribution in [0.25, 0.3) is 0 Å². The van der Waals surface area contributed by atoms with E-state index in [-0.39, 0.29) is 30.5 Å². The molecule has 0 bridgehead atoms. The zero-order valence-corrected chi connectivity index (χ0v) is 12.2. The number of pyridine rings is 1. The average Bonchev–Trinajstić information content (AvgIpc) is 3.31. The van der Waals surface area contributed by atoms with Crippen LogP contribution in [-0.2, 0) is 4.79 Å². The molecule has 1 aromatic rings. The third kappa shape index (κ3) is 3.66.